The van der Waals surface area contributed by atoms with Crippen LogP contribution in [-0.4, -0.2) is 37.2 Å². The first-order valence-corrected chi connectivity index (χ1v) is 29.3. The van der Waals surface area contributed by atoms with Gasteiger partial charge in [0.05, 0.1) is 0 Å². The van der Waals surface area contributed by atoms with Gasteiger partial charge in [-0.2, -0.15) is 0 Å². The maximum atomic E-state index is 12.8. The standard InChI is InChI=1S/C60H112O6/c1-4-7-10-13-16-19-22-25-28-30-31-33-35-38-41-44-47-50-53-59(62)65-56-57(55-64-58(61)52-49-46-43-40-37-34-27-24-21-18-15-12-9-6-3)66-60(63)54-51-48-45-42-39-36-32-29-26-23-20-17-14-11-8-5-2/h29,31-33,57H,4-28,30,34-56H2,1-3H3/b32-29-,33-31-. The van der Waals surface area contributed by atoms with Crippen LogP contribution in [0.25, 0.3) is 0 Å². The molecule has 0 N–H and O–H groups in total. The van der Waals surface area contributed by atoms with Crippen molar-refractivity contribution in [1.29, 1.82) is 0 Å². The van der Waals surface area contributed by atoms with Crippen molar-refractivity contribution >= 4 is 17.9 Å². The second-order valence-electron chi connectivity index (χ2n) is 19.9. The van der Waals surface area contributed by atoms with Crippen LogP contribution in [0, 0.1) is 0 Å². The molecule has 0 radical (unpaired) electrons. The predicted molar refractivity (Wildman–Crippen MR) is 284 cm³/mol. The van der Waals surface area contributed by atoms with Gasteiger partial charge >= 0.3 is 17.9 Å². The third kappa shape index (κ3) is 52.9. The molecule has 0 amide bonds. The highest BCUT2D eigenvalue weighted by atomic mass is 16.6. The molecular formula is C60H112O6. The summed E-state index contributed by atoms with van der Waals surface area (Å²) < 4.78 is 16.9. The Morgan fingerprint density at radius 2 is 0.500 bits per heavy atom. The van der Waals surface area contributed by atoms with Gasteiger partial charge in [0, 0.05) is 19.3 Å². The smallest absolute Gasteiger partial charge is 0.306 e. The van der Waals surface area contributed by atoms with E-state index in [2.05, 4.69) is 45.1 Å². The lowest BCUT2D eigenvalue weighted by atomic mass is 10.0. The van der Waals surface area contributed by atoms with Crippen LogP contribution >= 0.6 is 0 Å². The van der Waals surface area contributed by atoms with E-state index < -0.39 is 6.10 Å². The molecule has 0 aromatic carbocycles. The van der Waals surface area contributed by atoms with Crippen molar-refractivity contribution in [2.24, 2.45) is 0 Å². The molecule has 0 fully saturated rings. The molecule has 1 atom stereocenters. The Morgan fingerprint density at radius 3 is 0.758 bits per heavy atom. The van der Waals surface area contributed by atoms with E-state index in [1.54, 1.807) is 0 Å². The molecule has 0 aliphatic heterocycles. The molecule has 388 valence electrons. The fourth-order valence-corrected chi connectivity index (χ4v) is 8.73. The topological polar surface area (TPSA) is 78.9 Å². The minimum atomic E-state index is -0.775. The first-order chi connectivity index (χ1) is 32.5. The SMILES string of the molecule is CCCCCCCCC/C=C\CCCCCCCC(=O)OC(COC(=O)CCCCCCC/C=C\CCCCCCCCCCC)COC(=O)CCCCCCCCCCCCCCCC. The van der Waals surface area contributed by atoms with Crippen molar-refractivity contribution in [3.63, 3.8) is 0 Å². The fourth-order valence-electron chi connectivity index (χ4n) is 8.73. The molecule has 6 heteroatoms. The van der Waals surface area contributed by atoms with E-state index in [-0.39, 0.29) is 31.1 Å². The van der Waals surface area contributed by atoms with Gasteiger partial charge in [-0.1, -0.05) is 257 Å². The molecule has 0 spiro atoms. The lowest BCUT2D eigenvalue weighted by Crippen LogP contribution is -2.30. The van der Waals surface area contributed by atoms with Crippen LogP contribution in [0.3, 0.4) is 0 Å². The van der Waals surface area contributed by atoms with Gasteiger partial charge in [-0.05, 0) is 70.6 Å². The van der Waals surface area contributed by atoms with Crippen molar-refractivity contribution < 1.29 is 28.6 Å². The summed E-state index contributed by atoms with van der Waals surface area (Å²) in [5, 5.41) is 0. The second-order valence-corrected chi connectivity index (χ2v) is 19.9. The van der Waals surface area contributed by atoms with E-state index in [4.69, 9.17) is 14.2 Å². The van der Waals surface area contributed by atoms with Gasteiger partial charge in [0.15, 0.2) is 6.10 Å². The van der Waals surface area contributed by atoms with E-state index in [9.17, 15) is 14.4 Å². The summed E-state index contributed by atoms with van der Waals surface area (Å²) in [6, 6.07) is 0. The number of allylic oxidation sites excluding steroid dienone is 4. The van der Waals surface area contributed by atoms with Crippen molar-refractivity contribution in [2.45, 2.75) is 329 Å². The molecule has 0 bridgehead atoms. The van der Waals surface area contributed by atoms with E-state index in [1.165, 1.54) is 212 Å². The van der Waals surface area contributed by atoms with Gasteiger partial charge in [0.2, 0.25) is 0 Å². The molecule has 66 heavy (non-hydrogen) atoms. The Balaban J connectivity index is 4.35. The highest BCUT2D eigenvalue weighted by Gasteiger charge is 2.19. The predicted octanol–water partition coefficient (Wildman–Crippen LogP) is 19.5. The lowest BCUT2D eigenvalue weighted by Gasteiger charge is -2.18. The van der Waals surface area contributed by atoms with Crippen molar-refractivity contribution in [2.75, 3.05) is 13.2 Å². The zero-order valence-corrected chi connectivity index (χ0v) is 44.5. The van der Waals surface area contributed by atoms with Crippen LogP contribution in [0.4, 0.5) is 0 Å². The third-order valence-corrected chi connectivity index (χ3v) is 13.2. The molecule has 6 nitrogen and oxygen atoms in total. The number of esters is 3. The number of hydrogen-bond donors (Lipinski definition) is 0. The van der Waals surface area contributed by atoms with E-state index >= 15 is 0 Å². The molecular weight excluding hydrogens is 817 g/mol. The van der Waals surface area contributed by atoms with Crippen LogP contribution in [-0.2, 0) is 28.6 Å². The molecule has 0 aromatic rings. The summed E-state index contributed by atoms with van der Waals surface area (Å²) in [7, 11) is 0. The van der Waals surface area contributed by atoms with Gasteiger partial charge in [-0.3, -0.25) is 14.4 Å². The zero-order valence-electron chi connectivity index (χ0n) is 44.5. The molecule has 0 rings (SSSR count). The fraction of sp³-hybridized carbons (Fsp3) is 0.883. The molecule has 0 saturated heterocycles. The Labute approximate surface area is 411 Å². The number of hydrogen-bond acceptors (Lipinski definition) is 6. The number of carbonyl (C=O) groups is 3. The Morgan fingerprint density at radius 1 is 0.288 bits per heavy atom. The Bertz CT molecular complexity index is 1070. The molecule has 0 aliphatic rings. The molecule has 0 saturated carbocycles. The minimum absolute atomic E-state index is 0.0728. The monoisotopic (exact) mass is 929 g/mol. The van der Waals surface area contributed by atoms with Crippen LogP contribution in [0.1, 0.15) is 323 Å². The summed E-state index contributed by atoms with van der Waals surface area (Å²) in [5.41, 5.74) is 0. The maximum absolute atomic E-state index is 12.8. The van der Waals surface area contributed by atoms with Gasteiger partial charge in [-0.25, -0.2) is 0 Å². The van der Waals surface area contributed by atoms with E-state index in [0.717, 1.165) is 70.6 Å². The summed E-state index contributed by atoms with van der Waals surface area (Å²) in [4.78, 5) is 38.1. The third-order valence-electron chi connectivity index (χ3n) is 13.2. The number of ether oxygens (including phenoxy) is 3. The molecule has 0 aromatic heterocycles. The van der Waals surface area contributed by atoms with Gasteiger partial charge in [0.25, 0.3) is 0 Å². The average molecular weight is 930 g/mol. The van der Waals surface area contributed by atoms with Crippen molar-refractivity contribution in [3.05, 3.63) is 24.3 Å². The van der Waals surface area contributed by atoms with Crippen LogP contribution in [0.2, 0.25) is 0 Å². The quantitative estimate of drug-likeness (QED) is 0.0262. The second kappa shape index (κ2) is 55.5. The number of carbonyl (C=O) groups excluding carboxylic acids is 3. The van der Waals surface area contributed by atoms with Crippen LogP contribution in [0.5, 0.6) is 0 Å². The number of unbranched alkanes of at least 4 members (excludes halogenated alkanes) is 39. The summed E-state index contributed by atoms with van der Waals surface area (Å²) in [6.07, 6.45) is 64.5. The normalized spacial score (nSPS) is 12.1. The van der Waals surface area contributed by atoms with Gasteiger partial charge in [0.1, 0.15) is 13.2 Å². The molecule has 1 unspecified atom stereocenters. The summed E-state index contributed by atoms with van der Waals surface area (Å²) in [6.45, 7) is 6.67. The van der Waals surface area contributed by atoms with E-state index in [0.29, 0.717) is 19.3 Å². The maximum Gasteiger partial charge on any atom is 0.306 e. The zero-order chi connectivity index (χ0) is 47.9. The molecule has 0 aliphatic carbocycles. The van der Waals surface area contributed by atoms with E-state index in [1.807, 2.05) is 0 Å². The highest BCUT2D eigenvalue weighted by molar-refractivity contribution is 5.71. The molecule has 0 heterocycles. The largest absolute Gasteiger partial charge is 0.462 e. The highest BCUT2D eigenvalue weighted by Crippen LogP contribution is 2.16. The van der Waals surface area contributed by atoms with Crippen LogP contribution in [0.15, 0.2) is 24.3 Å². The van der Waals surface area contributed by atoms with Gasteiger partial charge < -0.3 is 14.2 Å². The number of rotatable bonds is 54. The van der Waals surface area contributed by atoms with Gasteiger partial charge in [-0.15, -0.1) is 0 Å². The first-order valence-electron chi connectivity index (χ1n) is 29.3. The lowest BCUT2D eigenvalue weighted by molar-refractivity contribution is -0.167. The summed E-state index contributed by atoms with van der Waals surface area (Å²) >= 11 is 0. The van der Waals surface area contributed by atoms with Crippen LogP contribution < -0.4 is 0 Å². The Hall–Kier alpha value is -2.11. The summed E-state index contributed by atoms with van der Waals surface area (Å²) in [5.74, 6) is -0.870. The van der Waals surface area contributed by atoms with Crippen molar-refractivity contribution in [1.82, 2.24) is 0 Å². The van der Waals surface area contributed by atoms with Crippen molar-refractivity contribution in [3.8, 4) is 0 Å². The minimum Gasteiger partial charge on any atom is -0.462 e. The first kappa shape index (κ1) is 63.9. The average Bonchev–Trinajstić information content (AvgIpc) is 3.31. The Kier molecular flexibility index (Phi) is 53.7.